The highest BCUT2D eigenvalue weighted by atomic mass is 16.5. The molecule has 94 valence electrons. The van der Waals surface area contributed by atoms with Crippen molar-refractivity contribution < 1.29 is 14.6 Å². The van der Waals surface area contributed by atoms with E-state index >= 15 is 0 Å². The Morgan fingerprint density at radius 3 is 2.94 bits per heavy atom. The lowest BCUT2D eigenvalue weighted by Gasteiger charge is -2.14. The van der Waals surface area contributed by atoms with Crippen molar-refractivity contribution in [2.75, 3.05) is 20.3 Å². The van der Waals surface area contributed by atoms with Crippen LogP contribution >= 0.6 is 0 Å². The van der Waals surface area contributed by atoms with Crippen molar-refractivity contribution in [2.45, 2.75) is 31.8 Å². The molecular weight excluding hydrogens is 216 g/mol. The van der Waals surface area contributed by atoms with Gasteiger partial charge < -0.3 is 14.6 Å². The topological polar surface area (TPSA) is 38.7 Å². The molecule has 1 fully saturated rings. The Morgan fingerprint density at radius 1 is 1.53 bits per heavy atom. The van der Waals surface area contributed by atoms with E-state index in [9.17, 15) is 5.11 Å². The molecule has 17 heavy (non-hydrogen) atoms. The highest BCUT2D eigenvalue weighted by Gasteiger charge is 2.19. The van der Waals surface area contributed by atoms with Crippen molar-refractivity contribution in [3.8, 4) is 5.75 Å². The van der Waals surface area contributed by atoms with Crippen molar-refractivity contribution in [2.24, 2.45) is 0 Å². The molecule has 1 N–H and O–H groups in total. The maximum atomic E-state index is 9.50. The van der Waals surface area contributed by atoms with Crippen LogP contribution < -0.4 is 4.74 Å². The summed E-state index contributed by atoms with van der Waals surface area (Å²) in [6.07, 6.45) is 1.37. The van der Waals surface area contributed by atoms with E-state index in [0.29, 0.717) is 12.3 Å². The smallest absolute Gasteiger partial charge is 0.122 e. The number of benzene rings is 1. The largest absolute Gasteiger partial charge is 0.496 e. The number of hydrogen-bond acceptors (Lipinski definition) is 3. The van der Waals surface area contributed by atoms with Gasteiger partial charge in [-0.15, -0.1) is 0 Å². The summed E-state index contributed by atoms with van der Waals surface area (Å²) < 4.78 is 10.7. The van der Waals surface area contributed by atoms with E-state index in [1.54, 1.807) is 14.0 Å². The zero-order valence-electron chi connectivity index (χ0n) is 10.5. The number of methoxy groups -OCH3 is 1. The molecular formula is C14H20O3. The fourth-order valence-electron chi connectivity index (χ4n) is 2.33. The molecule has 2 atom stereocenters. The SMILES string of the molecule is COc1ccc(C2CCOC2)cc1CC(C)O. The predicted octanol–water partition coefficient (Wildman–Crippen LogP) is 2.12. The number of ether oxygens (including phenoxy) is 2. The van der Waals surface area contributed by atoms with E-state index in [-0.39, 0.29) is 6.10 Å². The maximum Gasteiger partial charge on any atom is 0.122 e. The van der Waals surface area contributed by atoms with Crippen molar-refractivity contribution in [1.29, 1.82) is 0 Å². The average Bonchev–Trinajstić information content (AvgIpc) is 2.81. The van der Waals surface area contributed by atoms with Crippen LogP contribution in [0, 0.1) is 0 Å². The van der Waals surface area contributed by atoms with Gasteiger partial charge in [-0.3, -0.25) is 0 Å². The monoisotopic (exact) mass is 236 g/mol. The molecule has 3 nitrogen and oxygen atoms in total. The minimum atomic E-state index is -0.348. The molecule has 0 spiro atoms. The van der Waals surface area contributed by atoms with Crippen LogP contribution in [0.2, 0.25) is 0 Å². The molecule has 0 radical (unpaired) electrons. The lowest BCUT2D eigenvalue weighted by atomic mass is 9.95. The molecule has 0 aromatic heterocycles. The number of rotatable bonds is 4. The molecule has 1 saturated heterocycles. The predicted molar refractivity (Wildman–Crippen MR) is 66.6 cm³/mol. The molecule has 3 heteroatoms. The van der Waals surface area contributed by atoms with Gasteiger partial charge in [-0.05, 0) is 30.5 Å². The second kappa shape index (κ2) is 5.52. The minimum Gasteiger partial charge on any atom is -0.496 e. The number of aliphatic hydroxyl groups excluding tert-OH is 1. The van der Waals surface area contributed by atoms with Gasteiger partial charge in [-0.25, -0.2) is 0 Å². The van der Waals surface area contributed by atoms with Crippen LogP contribution in [0.1, 0.15) is 30.4 Å². The third kappa shape index (κ3) is 2.99. The molecule has 1 aliphatic heterocycles. The van der Waals surface area contributed by atoms with E-state index in [1.807, 2.05) is 6.07 Å². The third-order valence-corrected chi connectivity index (χ3v) is 3.22. The van der Waals surface area contributed by atoms with Crippen molar-refractivity contribution in [3.05, 3.63) is 29.3 Å². The number of aliphatic hydroxyl groups is 1. The first-order valence-electron chi connectivity index (χ1n) is 6.13. The van der Waals surface area contributed by atoms with Crippen LogP contribution in [0.3, 0.4) is 0 Å². The first-order chi connectivity index (χ1) is 8.20. The van der Waals surface area contributed by atoms with Crippen LogP contribution in [0.5, 0.6) is 5.75 Å². The normalized spacial score (nSPS) is 21.5. The first-order valence-corrected chi connectivity index (χ1v) is 6.13. The van der Waals surface area contributed by atoms with Crippen LogP contribution in [0.4, 0.5) is 0 Å². The molecule has 1 aliphatic rings. The molecule has 0 aliphatic carbocycles. The van der Waals surface area contributed by atoms with Crippen LogP contribution in [0.25, 0.3) is 0 Å². The molecule has 1 heterocycles. The first kappa shape index (κ1) is 12.4. The fraction of sp³-hybridized carbons (Fsp3) is 0.571. The molecule has 0 amide bonds. The lowest BCUT2D eigenvalue weighted by molar-refractivity contribution is 0.193. The highest BCUT2D eigenvalue weighted by Crippen LogP contribution is 2.29. The quantitative estimate of drug-likeness (QED) is 0.870. The molecule has 1 aromatic rings. The molecule has 0 saturated carbocycles. The Balaban J connectivity index is 2.23. The Kier molecular flexibility index (Phi) is 4.02. The summed E-state index contributed by atoms with van der Waals surface area (Å²) in [5.41, 5.74) is 2.37. The van der Waals surface area contributed by atoms with Gasteiger partial charge in [0.1, 0.15) is 5.75 Å². The second-order valence-electron chi connectivity index (χ2n) is 4.68. The molecule has 1 aromatic carbocycles. The fourth-order valence-corrected chi connectivity index (χ4v) is 2.33. The maximum absolute atomic E-state index is 9.50. The highest BCUT2D eigenvalue weighted by molar-refractivity contribution is 5.39. The Hall–Kier alpha value is -1.06. The van der Waals surface area contributed by atoms with Gasteiger partial charge >= 0.3 is 0 Å². The molecule has 2 rings (SSSR count). The number of hydrogen-bond donors (Lipinski definition) is 1. The van der Waals surface area contributed by atoms with E-state index < -0.39 is 0 Å². The van der Waals surface area contributed by atoms with Gasteiger partial charge in [-0.1, -0.05) is 12.1 Å². The Labute approximate surface area is 102 Å². The van der Waals surface area contributed by atoms with Crippen LogP contribution in [0.15, 0.2) is 18.2 Å². The van der Waals surface area contributed by atoms with E-state index in [0.717, 1.165) is 30.9 Å². The van der Waals surface area contributed by atoms with Gasteiger partial charge in [0.2, 0.25) is 0 Å². The minimum absolute atomic E-state index is 0.348. The van der Waals surface area contributed by atoms with Gasteiger partial charge in [0.05, 0.1) is 19.8 Å². The van der Waals surface area contributed by atoms with E-state index in [2.05, 4.69) is 12.1 Å². The molecule has 2 unspecified atom stereocenters. The van der Waals surface area contributed by atoms with E-state index in [1.165, 1.54) is 5.56 Å². The second-order valence-corrected chi connectivity index (χ2v) is 4.68. The van der Waals surface area contributed by atoms with Crippen molar-refractivity contribution in [3.63, 3.8) is 0 Å². The zero-order chi connectivity index (χ0) is 12.3. The Morgan fingerprint density at radius 2 is 2.35 bits per heavy atom. The van der Waals surface area contributed by atoms with Gasteiger partial charge in [0.15, 0.2) is 0 Å². The van der Waals surface area contributed by atoms with Crippen molar-refractivity contribution in [1.82, 2.24) is 0 Å². The summed E-state index contributed by atoms with van der Waals surface area (Å²) in [4.78, 5) is 0. The lowest BCUT2D eigenvalue weighted by Crippen LogP contribution is -2.07. The zero-order valence-corrected chi connectivity index (χ0v) is 10.5. The summed E-state index contributed by atoms with van der Waals surface area (Å²) in [5.74, 6) is 1.35. The molecule has 0 bridgehead atoms. The summed E-state index contributed by atoms with van der Waals surface area (Å²) in [6.45, 7) is 3.45. The summed E-state index contributed by atoms with van der Waals surface area (Å²) in [7, 11) is 1.67. The third-order valence-electron chi connectivity index (χ3n) is 3.22. The average molecular weight is 236 g/mol. The van der Waals surface area contributed by atoms with Crippen LogP contribution in [-0.2, 0) is 11.2 Å². The summed E-state index contributed by atoms with van der Waals surface area (Å²) >= 11 is 0. The van der Waals surface area contributed by atoms with E-state index in [4.69, 9.17) is 9.47 Å². The Bertz CT molecular complexity index is 368. The van der Waals surface area contributed by atoms with Gasteiger partial charge in [0, 0.05) is 18.9 Å². The van der Waals surface area contributed by atoms with Crippen LogP contribution in [-0.4, -0.2) is 31.5 Å². The van der Waals surface area contributed by atoms with Gasteiger partial charge in [-0.2, -0.15) is 0 Å². The van der Waals surface area contributed by atoms with Crippen molar-refractivity contribution >= 4 is 0 Å². The van der Waals surface area contributed by atoms with Gasteiger partial charge in [0.25, 0.3) is 0 Å². The summed E-state index contributed by atoms with van der Waals surface area (Å²) in [5, 5.41) is 9.50. The standard InChI is InChI=1S/C14H20O3/c1-10(15)7-13-8-11(3-4-14(13)16-2)12-5-6-17-9-12/h3-4,8,10,12,15H,5-7,9H2,1-2H3. The summed E-state index contributed by atoms with van der Waals surface area (Å²) in [6, 6.07) is 6.24.